The molecule has 4 N–H and O–H groups in total. The van der Waals surface area contributed by atoms with Crippen LogP contribution in [0, 0.1) is 23.2 Å². The van der Waals surface area contributed by atoms with Crippen molar-refractivity contribution in [1.29, 1.82) is 0 Å². The fourth-order valence-corrected chi connectivity index (χ4v) is 5.92. The van der Waals surface area contributed by atoms with Crippen molar-refractivity contribution in [3.8, 4) is 0 Å². The van der Waals surface area contributed by atoms with Gasteiger partial charge >= 0.3 is 5.97 Å². The average Bonchev–Trinajstić information content (AvgIpc) is 2.71. The van der Waals surface area contributed by atoms with Crippen molar-refractivity contribution < 1.29 is 30.0 Å². The predicted molar refractivity (Wildman–Crippen MR) is 130 cm³/mol. The number of rotatable bonds is 14. The Morgan fingerprint density at radius 2 is 1.88 bits per heavy atom. The standard InChI is InChI=1S/C27H46O6/c1-5-11-27(4,12-6-2)17-33-24-15-21(29)13-19-8-7-18(3)23(26(19)24)10-9-20(28)14-22(30)16-25(31)32/h7-8,13,18,20-24,26,28-30H,5-6,9-12,14-17H2,1-4H3,(H,31,32)/t18-,20-,21-,22-,23+,24+,26+/m1/s1. The first-order valence-electron chi connectivity index (χ1n) is 12.9. The highest BCUT2D eigenvalue weighted by Crippen LogP contribution is 2.44. The second-order valence-electron chi connectivity index (χ2n) is 10.8. The van der Waals surface area contributed by atoms with E-state index < -0.39 is 24.3 Å². The van der Waals surface area contributed by atoms with Gasteiger partial charge in [-0.1, -0.05) is 58.8 Å². The first-order chi connectivity index (χ1) is 15.6. The molecule has 6 nitrogen and oxygen atoms in total. The molecule has 0 spiro atoms. The monoisotopic (exact) mass is 466 g/mol. The summed E-state index contributed by atoms with van der Waals surface area (Å²) >= 11 is 0. The average molecular weight is 467 g/mol. The van der Waals surface area contributed by atoms with E-state index in [0.29, 0.717) is 25.4 Å². The molecule has 0 aromatic heterocycles. The molecule has 0 amide bonds. The van der Waals surface area contributed by atoms with Crippen LogP contribution in [0.1, 0.15) is 85.5 Å². The van der Waals surface area contributed by atoms with Crippen LogP contribution in [0.15, 0.2) is 23.8 Å². The fraction of sp³-hybridized carbons (Fsp3) is 0.815. The Morgan fingerprint density at radius 3 is 2.48 bits per heavy atom. The van der Waals surface area contributed by atoms with Gasteiger partial charge in [0.15, 0.2) is 0 Å². The van der Waals surface area contributed by atoms with E-state index in [9.17, 15) is 20.1 Å². The summed E-state index contributed by atoms with van der Waals surface area (Å²) in [6.45, 7) is 9.59. The fourth-order valence-electron chi connectivity index (χ4n) is 5.92. The van der Waals surface area contributed by atoms with E-state index in [0.717, 1.165) is 37.7 Å². The van der Waals surface area contributed by atoms with E-state index in [1.165, 1.54) is 0 Å². The summed E-state index contributed by atoms with van der Waals surface area (Å²) in [5.74, 6) is -0.331. The second kappa shape index (κ2) is 13.0. The summed E-state index contributed by atoms with van der Waals surface area (Å²) in [5.41, 5.74) is 1.26. The van der Waals surface area contributed by atoms with Gasteiger partial charge in [0.1, 0.15) is 0 Å². The van der Waals surface area contributed by atoms with Crippen LogP contribution < -0.4 is 0 Å². The lowest BCUT2D eigenvalue weighted by Gasteiger charge is -2.44. The first kappa shape index (κ1) is 28.0. The zero-order valence-electron chi connectivity index (χ0n) is 20.9. The zero-order chi connectivity index (χ0) is 24.6. The van der Waals surface area contributed by atoms with E-state index in [4.69, 9.17) is 9.84 Å². The van der Waals surface area contributed by atoms with Crippen molar-refractivity contribution >= 4 is 5.97 Å². The van der Waals surface area contributed by atoms with E-state index in [1.807, 2.05) is 6.08 Å². The second-order valence-corrected chi connectivity index (χ2v) is 10.8. The molecule has 0 bridgehead atoms. The number of carboxylic acids is 1. The zero-order valence-corrected chi connectivity index (χ0v) is 20.9. The third-order valence-corrected chi connectivity index (χ3v) is 7.51. The topological polar surface area (TPSA) is 107 Å². The molecule has 0 heterocycles. The van der Waals surface area contributed by atoms with Gasteiger partial charge in [-0.25, -0.2) is 0 Å². The van der Waals surface area contributed by atoms with Crippen LogP contribution in [0.25, 0.3) is 0 Å². The Labute approximate surface area is 199 Å². The SMILES string of the molecule is CCCC(C)(CCC)CO[C@H]1C[C@H](O)C=C2C=C[C@@H](C)[C@H](CC[C@@H](O)C[C@@H](O)CC(=O)O)[C@H]21. The highest BCUT2D eigenvalue weighted by molar-refractivity contribution is 5.67. The third kappa shape index (κ3) is 8.50. The van der Waals surface area contributed by atoms with Crippen molar-refractivity contribution in [2.24, 2.45) is 23.2 Å². The molecule has 2 rings (SSSR count). The number of fused-ring (bicyclic) bond motifs is 1. The van der Waals surface area contributed by atoms with Crippen LogP contribution in [-0.4, -0.2) is 57.4 Å². The summed E-state index contributed by atoms with van der Waals surface area (Å²) in [7, 11) is 0. The number of aliphatic hydroxyl groups excluding tert-OH is 3. The van der Waals surface area contributed by atoms with Crippen LogP contribution in [0.2, 0.25) is 0 Å². The lowest BCUT2D eigenvalue weighted by molar-refractivity contribution is -0.139. The summed E-state index contributed by atoms with van der Waals surface area (Å²) in [4.78, 5) is 10.8. The summed E-state index contributed by atoms with van der Waals surface area (Å²) in [5, 5.41) is 39.6. The van der Waals surface area contributed by atoms with Crippen molar-refractivity contribution in [1.82, 2.24) is 0 Å². The number of hydrogen-bond acceptors (Lipinski definition) is 5. The lowest BCUT2D eigenvalue weighted by Crippen LogP contribution is -2.43. The molecule has 2 aliphatic carbocycles. The molecule has 6 heteroatoms. The molecular weight excluding hydrogens is 420 g/mol. The normalized spacial score (nSPS) is 29.3. The number of allylic oxidation sites excluding steroid dienone is 2. The number of aliphatic carboxylic acids is 1. The maximum absolute atomic E-state index is 10.8. The van der Waals surface area contributed by atoms with Crippen LogP contribution in [0.5, 0.6) is 0 Å². The minimum absolute atomic E-state index is 0.0693. The molecular formula is C27H46O6. The Kier molecular flexibility index (Phi) is 11.1. The summed E-state index contributed by atoms with van der Waals surface area (Å²) in [6.07, 6.45) is 9.92. The molecule has 0 unspecified atom stereocenters. The summed E-state index contributed by atoms with van der Waals surface area (Å²) < 4.78 is 6.58. The van der Waals surface area contributed by atoms with Gasteiger partial charge < -0.3 is 25.2 Å². The Balaban J connectivity index is 2.09. The number of hydrogen-bond donors (Lipinski definition) is 4. The van der Waals surface area contributed by atoms with Crippen molar-refractivity contribution in [2.75, 3.05) is 6.61 Å². The molecule has 190 valence electrons. The largest absolute Gasteiger partial charge is 0.481 e. The number of carboxylic acid groups (broad SMARTS) is 1. The van der Waals surface area contributed by atoms with Gasteiger partial charge in [-0.15, -0.1) is 0 Å². The van der Waals surface area contributed by atoms with E-state index in [1.54, 1.807) is 0 Å². The minimum atomic E-state index is -1.06. The molecule has 0 aliphatic heterocycles. The maximum atomic E-state index is 10.8. The highest BCUT2D eigenvalue weighted by atomic mass is 16.5. The highest BCUT2D eigenvalue weighted by Gasteiger charge is 2.41. The van der Waals surface area contributed by atoms with Crippen molar-refractivity contribution in [3.63, 3.8) is 0 Å². The molecule has 2 aliphatic rings. The number of carbonyl (C=O) groups is 1. The lowest BCUT2D eigenvalue weighted by atomic mass is 9.66. The Morgan fingerprint density at radius 1 is 1.21 bits per heavy atom. The molecule has 0 radical (unpaired) electrons. The Hall–Kier alpha value is -1.21. The van der Waals surface area contributed by atoms with Crippen molar-refractivity contribution in [3.05, 3.63) is 23.8 Å². The van der Waals surface area contributed by atoms with Gasteiger partial charge in [0.2, 0.25) is 0 Å². The maximum Gasteiger partial charge on any atom is 0.305 e. The first-order valence-corrected chi connectivity index (χ1v) is 12.9. The van der Waals surface area contributed by atoms with Crippen LogP contribution in [-0.2, 0) is 9.53 Å². The Bertz CT molecular complexity index is 666. The minimum Gasteiger partial charge on any atom is -0.481 e. The van der Waals surface area contributed by atoms with Crippen LogP contribution >= 0.6 is 0 Å². The van der Waals surface area contributed by atoms with E-state index >= 15 is 0 Å². The van der Waals surface area contributed by atoms with E-state index in [2.05, 4.69) is 39.8 Å². The third-order valence-electron chi connectivity index (χ3n) is 7.51. The van der Waals surface area contributed by atoms with E-state index in [-0.39, 0.29) is 36.2 Å². The molecule has 0 fully saturated rings. The number of aliphatic hydroxyl groups is 3. The summed E-state index contributed by atoms with van der Waals surface area (Å²) in [6, 6.07) is 0. The van der Waals surface area contributed by atoms with Gasteiger partial charge in [0.25, 0.3) is 0 Å². The predicted octanol–water partition coefficient (Wildman–Crippen LogP) is 4.47. The molecule has 33 heavy (non-hydrogen) atoms. The van der Waals surface area contributed by atoms with Gasteiger partial charge in [-0.3, -0.25) is 4.79 Å². The quantitative estimate of drug-likeness (QED) is 0.301. The van der Waals surface area contributed by atoms with Crippen LogP contribution in [0.3, 0.4) is 0 Å². The smallest absolute Gasteiger partial charge is 0.305 e. The molecule has 0 aromatic rings. The molecule has 0 saturated carbocycles. The van der Waals surface area contributed by atoms with Gasteiger partial charge in [0.05, 0.1) is 37.4 Å². The van der Waals surface area contributed by atoms with Gasteiger partial charge in [0, 0.05) is 12.3 Å². The number of ether oxygens (including phenoxy) is 1. The molecule has 7 atom stereocenters. The van der Waals surface area contributed by atoms with Gasteiger partial charge in [-0.2, -0.15) is 0 Å². The van der Waals surface area contributed by atoms with Crippen LogP contribution in [0.4, 0.5) is 0 Å². The van der Waals surface area contributed by atoms with Crippen molar-refractivity contribution in [2.45, 2.75) is 110 Å². The van der Waals surface area contributed by atoms with Gasteiger partial charge in [-0.05, 0) is 54.9 Å². The molecule has 0 aromatic carbocycles. The molecule has 0 saturated heterocycles.